The molecule has 0 spiro atoms. The van der Waals surface area contributed by atoms with Gasteiger partial charge in [-0.05, 0) is 6.07 Å². The zero-order valence-corrected chi connectivity index (χ0v) is 7.65. The lowest BCUT2D eigenvalue weighted by Crippen LogP contribution is -1.98. The predicted octanol–water partition coefficient (Wildman–Crippen LogP) is 1.54. The van der Waals surface area contributed by atoms with Crippen LogP contribution in [-0.4, -0.2) is 17.2 Å². The first kappa shape index (κ1) is 8.45. The Morgan fingerprint density at radius 3 is 2.79 bits per heavy atom. The molecule has 4 heteroatoms. The van der Waals surface area contributed by atoms with E-state index in [0.717, 1.165) is 16.6 Å². The van der Waals surface area contributed by atoms with Crippen molar-refractivity contribution in [2.45, 2.75) is 0 Å². The van der Waals surface area contributed by atoms with Crippen molar-refractivity contribution in [1.29, 1.82) is 5.26 Å². The van der Waals surface area contributed by atoms with Crippen molar-refractivity contribution >= 4 is 16.6 Å². The third-order valence-corrected chi connectivity index (χ3v) is 2.02. The standard InChI is InChI=1S/C10H8N4/c1-12-10-7-4-2-3-5-8(7)13-14-9(10)6-11/h2-5H,1H3,(H,12,13). The molecule has 0 aliphatic rings. The number of rotatable bonds is 1. The third-order valence-electron chi connectivity index (χ3n) is 2.02. The highest BCUT2D eigenvalue weighted by molar-refractivity contribution is 5.92. The van der Waals surface area contributed by atoms with Crippen LogP contribution in [0.4, 0.5) is 5.69 Å². The van der Waals surface area contributed by atoms with Crippen molar-refractivity contribution in [3.05, 3.63) is 30.0 Å². The second-order valence-electron chi connectivity index (χ2n) is 2.80. The molecular weight excluding hydrogens is 176 g/mol. The molecule has 0 radical (unpaired) electrons. The van der Waals surface area contributed by atoms with Crippen molar-refractivity contribution in [3.8, 4) is 6.07 Å². The predicted molar refractivity (Wildman–Crippen MR) is 53.8 cm³/mol. The van der Waals surface area contributed by atoms with Gasteiger partial charge in [-0.1, -0.05) is 18.2 Å². The Labute approximate surface area is 81.2 Å². The lowest BCUT2D eigenvalue weighted by atomic mass is 10.2. The van der Waals surface area contributed by atoms with Gasteiger partial charge in [0, 0.05) is 12.4 Å². The smallest absolute Gasteiger partial charge is 0.186 e. The van der Waals surface area contributed by atoms with E-state index < -0.39 is 0 Å². The fourth-order valence-corrected chi connectivity index (χ4v) is 1.39. The Bertz CT molecular complexity index is 513. The summed E-state index contributed by atoms with van der Waals surface area (Å²) in [4.78, 5) is 0. The summed E-state index contributed by atoms with van der Waals surface area (Å²) in [5, 5.41) is 20.5. The Morgan fingerprint density at radius 2 is 2.07 bits per heavy atom. The highest BCUT2D eigenvalue weighted by Gasteiger charge is 2.07. The van der Waals surface area contributed by atoms with Gasteiger partial charge in [0.2, 0.25) is 0 Å². The largest absolute Gasteiger partial charge is 0.385 e. The number of aromatic nitrogens is 2. The minimum absolute atomic E-state index is 0.325. The second-order valence-corrected chi connectivity index (χ2v) is 2.80. The third kappa shape index (κ3) is 1.15. The first-order chi connectivity index (χ1) is 6.86. The van der Waals surface area contributed by atoms with E-state index in [1.807, 2.05) is 30.3 Å². The minimum atomic E-state index is 0.325. The van der Waals surface area contributed by atoms with Gasteiger partial charge in [-0.25, -0.2) is 0 Å². The number of fused-ring (bicyclic) bond motifs is 1. The maximum Gasteiger partial charge on any atom is 0.186 e. The van der Waals surface area contributed by atoms with Gasteiger partial charge >= 0.3 is 0 Å². The topological polar surface area (TPSA) is 61.6 Å². The van der Waals surface area contributed by atoms with Crippen LogP contribution in [0.5, 0.6) is 0 Å². The molecule has 2 aromatic rings. The quantitative estimate of drug-likeness (QED) is 0.730. The molecule has 1 aromatic carbocycles. The SMILES string of the molecule is CNc1c(C#N)nnc2ccccc12. The minimum Gasteiger partial charge on any atom is -0.385 e. The van der Waals surface area contributed by atoms with Crippen LogP contribution in [0.25, 0.3) is 10.9 Å². The molecule has 1 N–H and O–H groups in total. The summed E-state index contributed by atoms with van der Waals surface area (Å²) in [5.41, 5.74) is 1.85. The molecule has 1 aromatic heterocycles. The van der Waals surface area contributed by atoms with Crippen LogP contribution in [0, 0.1) is 11.3 Å². The van der Waals surface area contributed by atoms with E-state index in [1.165, 1.54) is 0 Å². The van der Waals surface area contributed by atoms with Crippen molar-refractivity contribution in [2.75, 3.05) is 12.4 Å². The molecule has 0 amide bonds. The van der Waals surface area contributed by atoms with E-state index in [4.69, 9.17) is 5.26 Å². The lowest BCUT2D eigenvalue weighted by molar-refractivity contribution is 1.05. The van der Waals surface area contributed by atoms with Gasteiger partial charge in [0.1, 0.15) is 6.07 Å². The average Bonchev–Trinajstić information content (AvgIpc) is 2.27. The Hall–Kier alpha value is -2.15. The molecule has 1 heterocycles. The molecule has 4 nitrogen and oxygen atoms in total. The Balaban J connectivity index is 2.85. The summed E-state index contributed by atoms with van der Waals surface area (Å²) in [6, 6.07) is 9.58. The number of nitriles is 1. The van der Waals surface area contributed by atoms with E-state index in [9.17, 15) is 0 Å². The first-order valence-corrected chi connectivity index (χ1v) is 4.20. The van der Waals surface area contributed by atoms with Gasteiger partial charge in [-0.2, -0.15) is 5.26 Å². The van der Waals surface area contributed by atoms with Crippen molar-refractivity contribution in [1.82, 2.24) is 10.2 Å². The van der Waals surface area contributed by atoms with E-state index >= 15 is 0 Å². The second kappa shape index (κ2) is 3.30. The van der Waals surface area contributed by atoms with Crippen molar-refractivity contribution < 1.29 is 0 Å². The van der Waals surface area contributed by atoms with Gasteiger partial charge in [-0.3, -0.25) is 0 Å². The summed E-state index contributed by atoms with van der Waals surface area (Å²) in [6.45, 7) is 0. The monoisotopic (exact) mass is 184 g/mol. The fourth-order valence-electron chi connectivity index (χ4n) is 1.39. The van der Waals surface area contributed by atoms with Gasteiger partial charge in [0.25, 0.3) is 0 Å². The molecular formula is C10H8N4. The molecule has 0 saturated heterocycles. The normalized spacial score (nSPS) is 9.71. The molecule has 68 valence electrons. The van der Waals surface area contributed by atoms with Crippen molar-refractivity contribution in [2.24, 2.45) is 0 Å². The summed E-state index contributed by atoms with van der Waals surface area (Å²) in [6.07, 6.45) is 0. The number of nitrogens with one attached hydrogen (secondary N) is 1. The van der Waals surface area contributed by atoms with Crippen LogP contribution >= 0.6 is 0 Å². The van der Waals surface area contributed by atoms with Crippen LogP contribution in [-0.2, 0) is 0 Å². The van der Waals surface area contributed by atoms with Gasteiger partial charge in [-0.15, -0.1) is 10.2 Å². The Morgan fingerprint density at radius 1 is 1.29 bits per heavy atom. The molecule has 14 heavy (non-hydrogen) atoms. The van der Waals surface area contributed by atoms with E-state index in [2.05, 4.69) is 15.5 Å². The lowest BCUT2D eigenvalue weighted by Gasteiger charge is -2.04. The van der Waals surface area contributed by atoms with E-state index in [1.54, 1.807) is 7.05 Å². The number of nitrogens with zero attached hydrogens (tertiary/aromatic N) is 3. The molecule has 0 unspecified atom stereocenters. The summed E-state index contributed by atoms with van der Waals surface area (Å²) in [5.74, 6) is 0. The maximum atomic E-state index is 8.82. The van der Waals surface area contributed by atoms with Crippen LogP contribution in [0.15, 0.2) is 24.3 Å². The summed E-state index contributed by atoms with van der Waals surface area (Å²) >= 11 is 0. The molecule has 0 bridgehead atoms. The molecule has 0 aliphatic heterocycles. The average molecular weight is 184 g/mol. The highest BCUT2D eigenvalue weighted by Crippen LogP contribution is 2.22. The number of benzene rings is 1. The zero-order valence-electron chi connectivity index (χ0n) is 7.65. The fraction of sp³-hybridized carbons (Fsp3) is 0.100. The zero-order chi connectivity index (χ0) is 9.97. The highest BCUT2D eigenvalue weighted by atomic mass is 15.1. The van der Waals surface area contributed by atoms with Crippen LogP contribution in [0.2, 0.25) is 0 Å². The number of hydrogen-bond acceptors (Lipinski definition) is 4. The van der Waals surface area contributed by atoms with Gasteiger partial charge in [0.15, 0.2) is 5.69 Å². The maximum absolute atomic E-state index is 8.82. The van der Waals surface area contributed by atoms with Crippen molar-refractivity contribution in [3.63, 3.8) is 0 Å². The number of hydrogen-bond donors (Lipinski definition) is 1. The Kier molecular flexibility index (Phi) is 1.99. The number of anilines is 1. The molecule has 0 atom stereocenters. The van der Waals surface area contributed by atoms with E-state index in [-0.39, 0.29) is 0 Å². The van der Waals surface area contributed by atoms with Gasteiger partial charge in [0.05, 0.1) is 11.2 Å². The molecule has 2 rings (SSSR count). The van der Waals surface area contributed by atoms with Crippen LogP contribution in [0.3, 0.4) is 0 Å². The molecule has 0 fully saturated rings. The summed E-state index contributed by atoms with van der Waals surface area (Å²) in [7, 11) is 1.77. The van der Waals surface area contributed by atoms with Gasteiger partial charge < -0.3 is 5.32 Å². The molecule has 0 aliphatic carbocycles. The van der Waals surface area contributed by atoms with E-state index in [0.29, 0.717) is 5.69 Å². The molecule has 0 saturated carbocycles. The first-order valence-electron chi connectivity index (χ1n) is 4.20. The van der Waals surface area contributed by atoms with Crippen LogP contribution in [0.1, 0.15) is 5.69 Å². The summed E-state index contributed by atoms with van der Waals surface area (Å²) < 4.78 is 0. The van der Waals surface area contributed by atoms with Crippen LogP contribution < -0.4 is 5.32 Å².